The van der Waals surface area contributed by atoms with E-state index in [1.54, 1.807) is 0 Å². The number of aromatic nitrogens is 4. The van der Waals surface area contributed by atoms with Gasteiger partial charge in [-0.3, -0.25) is 4.79 Å². The maximum Gasteiger partial charge on any atom is 0.211 e. The molecule has 33 heavy (non-hydrogen) atoms. The van der Waals surface area contributed by atoms with Gasteiger partial charge in [-0.25, -0.2) is 0 Å². The number of ether oxygens (including phenoxy) is 1. The maximum atomic E-state index is 13.6. The number of rotatable bonds is 8. The molecule has 0 bridgehead atoms. The molecular formula is C25H21BrN4O3. The van der Waals surface area contributed by atoms with E-state index in [2.05, 4.69) is 43.5 Å². The van der Waals surface area contributed by atoms with Crippen molar-refractivity contribution < 1.29 is 13.9 Å². The predicted octanol–water partition coefficient (Wildman–Crippen LogP) is 6.01. The van der Waals surface area contributed by atoms with Crippen LogP contribution < -0.4 is 4.74 Å². The van der Waals surface area contributed by atoms with Crippen molar-refractivity contribution in [1.29, 1.82) is 0 Å². The van der Waals surface area contributed by atoms with Gasteiger partial charge >= 0.3 is 0 Å². The van der Waals surface area contributed by atoms with Crippen molar-refractivity contribution >= 4 is 43.5 Å². The number of carbonyl (C=O) groups excluding carboxylic acids is 1. The van der Waals surface area contributed by atoms with Gasteiger partial charge in [0.15, 0.2) is 12.4 Å². The molecule has 2 heterocycles. The molecule has 7 nitrogen and oxygen atoms in total. The van der Waals surface area contributed by atoms with Crippen LogP contribution in [-0.4, -0.2) is 26.4 Å². The number of aryl methyl sites for hydroxylation is 1. The molecule has 0 saturated carbocycles. The number of carbonyl (C=O) groups is 1. The van der Waals surface area contributed by atoms with Crippen LogP contribution in [-0.2, 0) is 13.0 Å². The fourth-order valence-corrected chi connectivity index (χ4v) is 4.52. The van der Waals surface area contributed by atoms with E-state index in [4.69, 9.17) is 9.15 Å². The predicted molar refractivity (Wildman–Crippen MR) is 128 cm³/mol. The minimum atomic E-state index is -0.0264. The first-order chi connectivity index (χ1) is 16.2. The number of furan rings is 1. The van der Waals surface area contributed by atoms with Crippen molar-refractivity contribution in [2.24, 2.45) is 0 Å². The molecule has 0 spiro atoms. The highest BCUT2D eigenvalue weighted by Gasteiger charge is 2.22. The van der Waals surface area contributed by atoms with Gasteiger partial charge in [-0.05, 0) is 51.3 Å². The summed E-state index contributed by atoms with van der Waals surface area (Å²) in [6, 6.07) is 17.2. The van der Waals surface area contributed by atoms with E-state index in [1.807, 2.05) is 54.6 Å². The van der Waals surface area contributed by atoms with Gasteiger partial charge in [-0.2, -0.15) is 5.21 Å². The Morgan fingerprint density at radius 1 is 1.12 bits per heavy atom. The summed E-state index contributed by atoms with van der Waals surface area (Å²) in [5, 5.41) is 16.5. The zero-order chi connectivity index (χ0) is 22.8. The van der Waals surface area contributed by atoms with Gasteiger partial charge in [0, 0.05) is 17.4 Å². The summed E-state index contributed by atoms with van der Waals surface area (Å²) in [5.41, 5.74) is 2.04. The molecule has 0 aliphatic rings. The molecule has 1 N–H and O–H groups in total. The Kier molecular flexibility index (Phi) is 5.92. The highest BCUT2D eigenvalue weighted by atomic mass is 79.9. The second kappa shape index (κ2) is 9.15. The third-order valence-electron chi connectivity index (χ3n) is 5.58. The van der Waals surface area contributed by atoms with Crippen LogP contribution in [0.15, 0.2) is 63.5 Å². The molecule has 166 valence electrons. The minimum Gasteiger partial charge on any atom is -0.484 e. The first-order valence-corrected chi connectivity index (χ1v) is 11.6. The molecule has 0 atom stereocenters. The summed E-state index contributed by atoms with van der Waals surface area (Å²) in [7, 11) is 0. The first-order valence-electron chi connectivity index (χ1n) is 10.8. The topological polar surface area (TPSA) is 93.9 Å². The summed E-state index contributed by atoms with van der Waals surface area (Å²) in [5.74, 6) is 1.86. The van der Waals surface area contributed by atoms with Gasteiger partial charge in [-0.1, -0.05) is 55.0 Å². The largest absolute Gasteiger partial charge is 0.484 e. The third kappa shape index (κ3) is 4.14. The zero-order valence-corrected chi connectivity index (χ0v) is 19.6. The Morgan fingerprint density at radius 2 is 2.00 bits per heavy atom. The van der Waals surface area contributed by atoms with Gasteiger partial charge in [0.05, 0.1) is 10.0 Å². The molecule has 3 aromatic carbocycles. The number of nitrogens with one attached hydrogen (secondary N) is 1. The van der Waals surface area contributed by atoms with Crippen LogP contribution in [0, 0.1) is 0 Å². The number of tetrazole rings is 1. The van der Waals surface area contributed by atoms with Gasteiger partial charge in [0.1, 0.15) is 17.1 Å². The van der Waals surface area contributed by atoms with Crippen molar-refractivity contribution in [3.63, 3.8) is 0 Å². The lowest BCUT2D eigenvalue weighted by Crippen LogP contribution is -2.04. The van der Waals surface area contributed by atoms with E-state index >= 15 is 0 Å². The maximum absolute atomic E-state index is 13.6. The van der Waals surface area contributed by atoms with E-state index in [1.165, 1.54) is 0 Å². The summed E-state index contributed by atoms with van der Waals surface area (Å²) in [6.07, 6.45) is 2.75. The molecule has 0 aliphatic carbocycles. The van der Waals surface area contributed by atoms with Crippen LogP contribution in [0.25, 0.3) is 21.7 Å². The summed E-state index contributed by atoms with van der Waals surface area (Å²) < 4.78 is 12.7. The number of hydrogen-bond acceptors (Lipinski definition) is 6. The van der Waals surface area contributed by atoms with Crippen molar-refractivity contribution in [3.8, 4) is 5.75 Å². The number of H-pyrrole nitrogens is 1. The molecule has 0 saturated heterocycles. The van der Waals surface area contributed by atoms with Gasteiger partial charge in [-0.15, -0.1) is 10.2 Å². The van der Waals surface area contributed by atoms with Crippen molar-refractivity contribution in [2.75, 3.05) is 0 Å². The molecule has 0 amide bonds. The minimum absolute atomic E-state index is 0.0264. The number of aromatic amines is 1. The number of nitrogens with zero attached hydrogens (tertiary/aromatic N) is 3. The molecule has 0 aliphatic heterocycles. The third-order valence-corrected chi connectivity index (χ3v) is 6.40. The number of halogens is 1. The molecular weight excluding hydrogens is 484 g/mol. The smallest absolute Gasteiger partial charge is 0.211 e. The van der Waals surface area contributed by atoms with Gasteiger partial charge in [0.2, 0.25) is 5.82 Å². The highest BCUT2D eigenvalue weighted by molar-refractivity contribution is 9.10. The Morgan fingerprint density at radius 3 is 2.82 bits per heavy atom. The summed E-state index contributed by atoms with van der Waals surface area (Å²) >= 11 is 3.63. The van der Waals surface area contributed by atoms with E-state index in [0.717, 1.165) is 51.2 Å². The molecule has 5 rings (SSSR count). The normalized spacial score (nSPS) is 11.3. The van der Waals surface area contributed by atoms with Gasteiger partial charge in [0.25, 0.3) is 0 Å². The Labute approximate surface area is 198 Å². The van der Waals surface area contributed by atoms with E-state index in [0.29, 0.717) is 22.7 Å². The SMILES string of the molecule is CCCCc1oc2ccccc2c1C(=O)c1ccc2c(Br)c(OCc3nn[nH]n3)ccc2c1. The number of fused-ring (bicyclic) bond motifs is 2. The molecule has 0 fully saturated rings. The quantitative estimate of drug-likeness (QED) is 0.260. The van der Waals surface area contributed by atoms with Crippen molar-refractivity contribution in [2.45, 2.75) is 32.8 Å². The number of ketones is 1. The second-order valence-corrected chi connectivity index (χ2v) is 8.55. The van der Waals surface area contributed by atoms with Crippen LogP contribution in [0.2, 0.25) is 0 Å². The van der Waals surface area contributed by atoms with E-state index in [-0.39, 0.29) is 12.4 Å². The second-order valence-electron chi connectivity index (χ2n) is 7.76. The monoisotopic (exact) mass is 504 g/mol. The van der Waals surface area contributed by atoms with Crippen LogP contribution in [0.4, 0.5) is 0 Å². The number of para-hydroxylation sites is 1. The fraction of sp³-hybridized carbons (Fsp3) is 0.200. The Hall–Kier alpha value is -3.52. The van der Waals surface area contributed by atoms with E-state index < -0.39 is 0 Å². The zero-order valence-electron chi connectivity index (χ0n) is 18.0. The lowest BCUT2D eigenvalue weighted by atomic mass is 9.96. The van der Waals surface area contributed by atoms with Crippen molar-refractivity contribution in [3.05, 3.63) is 81.8 Å². The molecule has 8 heteroatoms. The van der Waals surface area contributed by atoms with Crippen molar-refractivity contribution in [1.82, 2.24) is 20.6 Å². The lowest BCUT2D eigenvalue weighted by Gasteiger charge is -2.10. The first kappa shape index (κ1) is 21.3. The molecule has 0 unspecified atom stereocenters. The fourth-order valence-electron chi connectivity index (χ4n) is 3.91. The van der Waals surface area contributed by atoms with Crippen LogP contribution in [0.5, 0.6) is 5.75 Å². The molecule has 5 aromatic rings. The molecule has 2 aromatic heterocycles. The van der Waals surface area contributed by atoms with Crippen LogP contribution in [0.1, 0.15) is 47.3 Å². The average molecular weight is 505 g/mol. The highest BCUT2D eigenvalue weighted by Crippen LogP contribution is 2.35. The van der Waals surface area contributed by atoms with Crippen LogP contribution >= 0.6 is 15.9 Å². The number of unbranched alkanes of at least 4 members (excludes halogenated alkanes) is 1. The van der Waals surface area contributed by atoms with Gasteiger partial charge < -0.3 is 9.15 Å². The standard InChI is InChI=1S/C25H21BrN4O3/c1-2-3-7-20-23(18-6-4-5-8-19(18)33-20)25(31)16-9-11-17-15(13-16)10-12-21(24(17)26)32-14-22-27-29-30-28-22/h4-6,8-13H,2-3,7,14H2,1H3,(H,27,28,29,30). The lowest BCUT2D eigenvalue weighted by molar-refractivity contribution is 0.103. The Bertz CT molecular complexity index is 1440. The average Bonchev–Trinajstić information content (AvgIpc) is 3.49. The number of hydrogen-bond donors (Lipinski definition) is 1. The van der Waals surface area contributed by atoms with Crippen LogP contribution in [0.3, 0.4) is 0 Å². The van der Waals surface area contributed by atoms with E-state index in [9.17, 15) is 4.79 Å². The number of benzene rings is 3. The summed E-state index contributed by atoms with van der Waals surface area (Å²) in [4.78, 5) is 13.6. The summed E-state index contributed by atoms with van der Waals surface area (Å²) in [6.45, 7) is 2.33. The Balaban J connectivity index is 1.49. The molecule has 0 radical (unpaired) electrons.